The smallest absolute Gasteiger partial charge is 0.229 e. The summed E-state index contributed by atoms with van der Waals surface area (Å²) in [4.78, 5) is 16.1. The van der Waals surface area contributed by atoms with E-state index in [-0.39, 0.29) is 0 Å². The second-order valence-corrected chi connectivity index (χ2v) is 4.63. The van der Waals surface area contributed by atoms with Crippen LogP contribution in [0.3, 0.4) is 0 Å². The number of hydrogen-bond donors (Lipinski definition) is 0. The largest absolute Gasteiger partial charge is 0.378 e. The number of rotatable bonds is 2. The monoisotopic (exact) mass is 248 g/mol. The topological polar surface area (TPSA) is 51.1 Å². The number of ether oxygens (including phenoxy) is 1. The standard InChI is InChI=1S/C11H12N4OS/c1-2-9(17-7-1)10-12-8-13-11(14-10)15-3-5-16-6-4-15/h1-2,7-8H,3-6H2. The Morgan fingerprint density at radius 2 is 2.12 bits per heavy atom. The van der Waals surface area contributed by atoms with Crippen LogP contribution < -0.4 is 4.90 Å². The highest BCUT2D eigenvalue weighted by molar-refractivity contribution is 7.13. The summed E-state index contributed by atoms with van der Waals surface area (Å²) in [5.74, 6) is 1.49. The lowest BCUT2D eigenvalue weighted by molar-refractivity contribution is 0.122. The minimum absolute atomic E-state index is 0.736. The minimum Gasteiger partial charge on any atom is -0.378 e. The van der Waals surface area contributed by atoms with Gasteiger partial charge >= 0.3 is 0 Å². The van der Waals surface area contributed by atoms with Gasteiger partial charge in [0, 0.05) is 13.1 Å². The first-order valence-corrected chi connectivity index (χ1v) is 6.37. The van der Waals surface area contributed by atoms with Crippen LogP contribution in [0.25, 0.3) is 10.7 Å². The average Bonchev–Trinajstić information content (AvgIpc) is 2.94. The van der Waals surface area contributed by atoms with Crippen molar-refractivity contribution in [1.82, 2.24) is 15.0 Å². The summed E-state index contributed by atoms with van der Waals surface area (Å²) in [5.41, 5.74) is 0. The van der Waals surface area contributed by atoms with Gasteiger partial charge in [0.1, 0.15) is 6.33 Å². The summed E-state index contributed by atoms with van der Waals surface area (Å²) < 4.78 is 5.31. The molecule has 0 aromatic carbocycles. The van der Waals surface area contributed by atoms with Crippen LogP contribution in [-0.4, -0.2) is 41.3 Å². The molecule has 0 atom stereocenters. The lowest BCUT2D eigenvalue weighted by atomic mass is 10.4. The Balaban J connectivity index is 1.88. The predicted molar refractivity (Wildman–Crippen MR) is 66.2 cm³/mol. The summed E-state index contributed by atoms with van der Waals surface area (Å²) >= 11 is 1.64. The van der Waals surface area contributed by atoms with Crippen molar-refractivity contribution in [1.29, 1.82) is 0 Å². The third-order valence-corrected chi connectivity index (χ3v) is 3.46. The molecule has 0 spiro atoms. The summed E-state index contributed by atoms with van der Waals surface area (Å²) in [7, 11) is 0. The predicted octanol–water partition coefficient (Wildman–Crippen LogP) is 1.44. The quantitative estimate of drug-likeness (QED) is 0.805. The number of anilines is 1. The number of hydrogen-bond acceptors (Lipinski definition) is 6. The van der Waals surface area contributed by atoms with E-state index >= 15 is 0 Å². The van der Waals surface area contributed by atoms with Crippen molar-refractivity contribution in [3.8, 4) is 10.7 Å². The van der Waals surface area contributed by atoms with E-state index in [1.54, 1.807) is 17.7 Å². The van der Waals surface area contributed by atoms with Gasteiger partial charge in [0.25, 0.3) is 0 Å². The Morgan fingerprint density at radius 1 is 1.24 bits per heavy atom. The molecule has 0 N–H and O–H groups in total. The van der Waals surface area contributed by atoms with E-state index in [0.29, 0.717) is 0 Å². The average molecular weight is 248 g/mol. The molecule has 3 rings (SSSR count). The molecule has 0 radical (unpaired) electrons. The second kappa shape index (κ2) is 4.77. The first-order valence-electron chi connectivity index (χ1n) is 5.49. The lowest BCUT2D eigenvalue weighted by Crippen LogP contribution is -2.37. The highest BCUT2D eigenvalue weighted by Gasteiger charge is 2.14. The van der Waals surface area contributed by atoms with Crippen molar-refractivity contribution in [3.63, 3.8) is 0 Å². The van der Waals surface area contributed by atoms with E-state index < -0.39 is 0 Å². The maximum Gasteiger partial charge on any atom is 0.229 e. The van der Waals surface area contributed by atoms with Crippen molar-refractivity contribution in [3.05, 3.63) is 23.8 Å². The van der Waals surface area contributed by atoms with Crippen molar-refractivity contribution >= 4 is 17.3 Å². The van der Waals surface area contributed by atoms with Crippen LogP contribution in [0.1, 0.15) is 0 Å². The van der Waals surface area contributed by atoms with Crippen LogP contribution in [-0.2, 0) is 4.74 Å². The lowest BCUT2D eigenvalue weighted by Gasteiger charge is -2.26. The summed E-state index contributed by atoms with van der Waals surface area (Å²) in [6.07, 6.45) is 1.58. The molecule has 0 aliphatic carbocycles. The van der Waals surface area contributed by atoms with Crippen LogP contribution in [0.5, 0.6) is 0 Å². The fourth-order valence-corrected chi connectivity index (χ4v) is 2.39. The highest BCUT2D eigenvalue weighted by Crippen LogP contribution is 2.21. The molecule has 0 saturated carbocycles. The first kappa shape index (κ1) is 10.6. The fourth-order valence-electron chi connectivity index (χ4n) is 1.73. The molecule has 17 heavy (non-hydrogen) atoms. The van der Waals surface area contributed by atoms with Gasteiger partial charge in [0.05, 0.1) is 18.1 Å². The summed E-state index contributed by atoms with van der Waals surface area (Å²) in [6.45, 7) is 3.15. The molecule has 1 saturated heterocycles. The molecule has 2 aromatic rings. The second-order valence-electron chi connectivity index (χ2n) is 3.69. The third kappa shape index (κ3) is 2.27. The molecule has 5 nitrogen and oxygen atoms in total. The van der Waals surface area contributed by atoms with Gasteiger partial charge in [-0.15, -0.1) is 11.3 Å². The molecule has 1 aliphatic heterocycles. The highest BCUT2D eigenvalue weighted by atomic mass is 32.1. The molecular formula is C11H12N4OS. The zero-order valence-corrected chi connectivity index (χ0v) is 10.1. The maximum absolute atomic E-state index is 5.31. The molecule has 6 heteroatoms. The minimum atomic E-state index is 0.736. The van der Waals surface area contributed by atoms with E-state index in [9.17, 15) is 0 Å². The Hall–Kier alpha value is -1.53. The van der Waals surface area contributed by atoms with Gasteiger partial charge in [0.2, 0.25) is 5.95 Å². The number of nitrogens with zero attached hydrogens (tertiary/aromatic N) is 4. The number of morpholine rings is 1. The van der Waals surface area contributed by atoms with Crippen LogP contribution in [0, 0.1) is 0 Å². The fraction of sp³-hybridized carbons (Fsp3) is 0.364. The van der Waals surface area contributed by atoms with E-state index in [0.717, 1.165) is 43.0 Å². The Kier molecular flexibility index (Phi) is 2.98. The number of thiophene rings is 1. The summed E-state index contributed by atoms with van der Waals surface area (Å²) in [5, 5.41) is 2.02. The Bertz CT molecular complexity index is 482. The first-order chi connectivity index (χ1) is 8.43. The van der Waals surface area contributed by atoms with Crippen LogP contribution in [0.2, 0.25) is 0 Å². The number of aromatic nitrogens is 3. The van der Waals surface area contributed by atoms with Crippen molar-refractivity contribution in [2.45, 2.75) is 0 Å². The molecule has 1 aliphatic rings. The van der Waals surface area contributed by atoms with Gasteiger partial charge in [-0.2, -0.15) is 4.98 Å². The van der Waals surface area contributed by atoms with Gasteiger partial charge in [-0.1, -0.05) is 6.07 Å². The van der Waals surface area contributed by atoms with Crippen molar-refractivity contribution in [2.75, 3.05) is 31.2 Å². The van der Waals surface area contributed by atoms with Gasteiger partial charge in [-0.05, 0) is 11.4 Å². The maximum atomic E-state index is 5.31. The molecule has 3 heterocycles. The van der Waals surface area contributed by atoms with Gasteiger partial charge < -0.3 is 9.64 Å². The van der Waals surface area contributed by atoms with E-state index in [2.05, 4.69) is 19.9 Å². The van der Waals surface area contributed by atoms with E-state index in [1.165, 1.54) is 0 Å². The van der Waals surface area contributed by atoms with Gasteiger partial charge in [0.15, 0.2) is 5.82 Å². The SMILES string of the molecule is c1csc(-c2ncnc(N3CCOCC3)n2)c1. The molecule has 2 aromatic heterocycles. The van der Waals surface area contributed by atoms with Crippen LogP contribution in [0.4, 0.5) is 5.95 Å². The molecule has 0 unspecified atom stereocenters. The zero-order valence-electron chi connectivity index (χ0n) is 9.24. The van der Waals surface area contributed by atoms with E-state index in [4.69, 9.17) is 4.74 Å². The van der Waals surface area contributed by atoms with Crippen LogP contribution >= 0.6 is 11.3 Å². The van der Waals surface area contributed by atoms with E-state index in [1.807, 2.05) is 17.5 Å². The molecule has 0 bridgehead atoms. The van der Waals surface area contributed by atoms with Gasteiger partial charge in [-0.25, -0.2) is 9.97 Å². The molecule has 1 fully saturated rings. The van der Waals surface area contributed by atoms with Crippen molar-refractivity contribution < 1.29 is 4.74 Å². The van der Waals surface area contributed by atoms with Gasteiger partial charge in [-0.3, -0.25) is 0 Å². The molecule has 0 amide bonds. The Morgan fingerprint density at radius 3 is 2.88 bits per heavy atom. The summed E-state index contributed by atoms with van der Waals surface area (Å²) in [6, 6.07) is 4.02. The Labute approximate surface area is 103 Å². The third-order valence-electron chi connectivity index (χ3n) is 2.59. The molecule has 88 valence electrons. The normalized spacial score (nSPS) is 16.1. The van der Waals surface area contributed by atoms with Crippen LogP contribution in [0.15, 0.2) is 23.8 Å². The van der Waals surface area contributed by atoms with Crippen molar-refractivity contribution in [2.24, 2.45) is 0 Å². The molecular weight excluding hydrogens is 236 g/mol. The zero-order chi connectivity index (χ0) is 11.5.